The molecule has 0 radical (unpaired) electrons. The van der Waals surface area contributed by atoms with Gasteiger partial charge in [-0.2, -0.15) is 0 Å². The molecule has 33 heavy (non-hydrogen) atoms. The van der Waals surface area contributed by atoms with E-state index in [1.165, 1.54) is 21.8 Å². The summed E-state index contributed by atoms with van der Waals surface area (Å²) in [6, 6.07) is 36.4. The van der Waals surface area contributed by atoms with E-state index in [2.05, 4.69) is 107 Å². The highest BCUT2D eigenvalue weighted by Gasteiger charge is 2.12. The third-order valence-electron chi connectivity index (χ3n) is 6.46. The topological polar surface area (TPSA) is 30.7 Å². The minimum absolute atomic E-state index is 0.943. The van der Waals surface area contributed by atoms with Crippen molar-refractivity contribution in [2.75, 3.05) is 0 Å². The molecule has 0 N–H and O–H groups in total. The molecule has 0 saturated carbocycles. The van der Waals surface area contributed by atoms with Gasteiger partial charge in [0.15, 0.2) is 0 Å². The van der Waals surface area contributed by atoms with Gasteiger partial charge >= 0.3 is 0 Å². The highest BCUT2D eigenvalue weighted by atomic mass is 15.0. The molecular weight excluding hydrogens is 402 g/mol. The largest absolute Gasteiger partial charge is 0.309 e. The van der Waals surface area contributed by atoms with Gasteiger partial charge in [-0.15, -0.1) is 0 Å². The molecule has 0 bridgehead atoms. The van der Waals surface area contributed by atoms with Crippen molar-refractivity contribution >= 4 is 43.6 Å². The van der Waals surface area contributed by atoms with E-state index in [-0.39, 0.29) is 0 Å². The molecule has 154 valence electrons. The molecule has 0 amide bonds. The first kappa shape index (κ1) is 18.1. The number of hydrogen-bond acceptors (Lipinski definition) is 2. The van der Waals surface area contributed by atoms with E-state index < -0.39 is 0 Å². The Bertz CT molecular complexity index is 1760. The van der Waals surface area contributed by atoms with Crippen molar-refractivity contribution in [2.24, 2.45) is 0 Å². The number of pyridine rings is 2. The van der Waals surface area contributed by atoms with Crippen LogP contribution in [0.4, 0.5) is 0 Å². The molecule has 0 aliphatic rings. The predicted molar refractivity (Wildman–Crippen MR) is 137 cm³/mol. The Balaban J connectivity index is 1.35. The summed E-state index contributed by atoms with van der Waals surface area (Å²) in [6.45, 7) is 0. The van der Waals surface area contributed by atoms with E-state index in [0.29, 0.717) is 0 Å². The van der Waals surface area contributed by atoms with E-state index in [1.54, 1.807) is 0 Å². The molecular formula is C30H19N3. The Morgan fingerprint density at radius 1 is 0.515 bits per heavy atom. The molecule has 4 aromatic carbocycles. The molecule has 3 nitrogen and oxygen atoms in total. The number of para-hydroxylation sites is 2. The fraction of sp³-hybridized carbons (Fsp3) is 0. The van der Waals surface area contributed by atoms with Gasteiger partial charge in [0.1, 0.15) is 0 Å². The number of fused-ring (bicyclic) bond motifs is 6. The van der Waals surface area contributed by atoms with Crippen molar-refractivity contribution < 1.29 is 0 Å². The molecule has 0 spiro atoms. The van der Waals surface area contributed by atoms with Gasteiger partial charge in [0, 0.05) is 45.2 Å². The lowest BCUT2D eigenvalue weighted by Gasteiger charge is -2.10. The first-order chi connectivity index (χ1) is 16.4. The molecule has 7 rings (SSSR count). The quantitative estimate of drug-likeness (QED) is 0.270. The lowest BCUT2D eigenvalue weighted by molar-refractivity contribution is 1.18. The highest BCUT2D eigenvalue weighted by Crippen LogP contribution is 2.33. The summed E-state index contributed by atoms with van der Waals surface area (Å²) < 4.78 is 2.34. The summed E-state index contributed by atoms with van der Waals surface area (Å²) in [4.78, 5) is 9.31. The van der Waals surface area contributed by atoms with Crippen molar-refractivity contribution in [2.45, 2.75) is 0 Å². The maximum atomic E-state index is 4.77. The smallest absolute Gasteiger partial charge is 0.0964 e. The summed E-state index contributed by atoms with van der Waals surface area (Å²) in [7, 11) is 0. The summed E-state index contributed by atoms with van der Waals surface area (Å²) in [5.41, 5.74) is 7.74. The van der Waals surface area contributed by atoms with Gasteiger partial charge in [-0.05, 0) is 42.0 Å². The van der Waals surface area contributed by atoms with Crippen molar-refractivity contribution in [3.05, 3.63) is 116 Å². The van der Waals surface area contributed by atoms with Crippen LogP contribution in [0.5, 0.6) is 0 Å². The van der Waals surface area contributed by atoms with Crippen molar-refractivity contribution in [3.8, 4) is 16.8 Å². The first-order valence-corrected chi connectivity index (χ1v) is 11.1. The Kier molecular flexibility index (Phi) is 3.84. The molecule has 7 aromatic rings. The van der Waals surface area contributed by atoms with E-state index in [1.807, 2.05) is 18.5 Å². The average molecular weight is 422 g/mol. The molecule has 3 aromatic heterocycles. The molecule has 0 aliphatic heterocycles. The first-order valence-electron chi connectivity index (χ1n) is 11.1. The molecule has 0 saturated heterocycles. The van der Waals surface area contributed by atoms with Crippen LogP contribution in [0.15, 0.2) is 116 Å². The molecule has 0 aliphatic carbocycles. The lowest BCUT2D eigenvalue weighted by atomic mass is 10.0. The van der Waals surface area contributed by atoms with Gasteiger partial charge in [0.05, 0.1) is 22.1 Å². The number of hydrogen-bond donors (Lipinski definition) is 0. The van der Waals surface area contributed by atoms with Gasteiger partial charge in [-0.25, -0.2) is 0 Å². The van der Waals surface area contributed by atoms with Gasteiger partial charge in [0.2, 0.25) is 0 Å². The standard InChI is InChI=1S/C30H19N3/c1-3-9-27-25(7-1)26-8-2-4-10-28(26)33(27)24-15-13-20(14-16-24)23-18-22-12-11-21-6-5-17-31-29(21)30(22)32-19-23/h1-19H. The second-order valence-corrected chi connectivity index (χ2v) is 8.35. The second kappa shape index (κ2) is 7.01. The zero-order chi connectivity index (χ0) is 21.8. The van der Waals surface area contributed by atoms with E-state index in [9.17, 15) is 0 Å². The third kappa shape index (κ3) is 2.76. The Morgan fingerprint density at radius 3 is 1.94 bits per heavy atom. The van der Waals surface area contributed by atoms with E-state index in [0.717, 1.165) is 38.6 Å². The fourth-order valence-corrected chi connectivity index (χ4v) is 4.90. The summed E-state index contributed by atoms with van der Waals surface area (Å²) in [5, 5.41) is 4.76. The number of rotatable bonds is 2. The van der Waals surface area contributed by atoms with Crippen LogP contribution in [-0.2, 0) is 0 Å². The second-order valence-electron chi connectivity index (χ2n) is 8.35. The van der Waals surface area contributed by atoms with Crippen LogP contribution < -0.4 is 0 Å². The van der Waals surface area contributed by atoms with Crippen molar-refractivity contribution in [3.63, 3.8) is 0 Å². The van der Waals surface area contributed by atoms with Gasteiger partial charge in [-0.1, -0.05) is 66.7 Å². The SMILES string of the molecule is c1cnc2c(c1)ccc1cc(-c3ccc(-n4c5ccccc5c5ccccc54)cc3)cnc12. The summed E-state index contributed by atoms with van der Waals surface area (Å²) >= 11 is 0. The molecule has 0 atom stereocenters. The average Bonchev–Trinajstić information content (AvgIpc) is 3.23. The Hall–Kier alpha value is -4.50. The Labute approximate surface area is 190 Å². The lowest BCUT2D eigenvalue weighted by Crippen LogP contribution is -1.93. The number of aromatic nitrogens is 3. The zero-order valence-corrected chi connectivity index (χ0v) is 17.8. The predicted octanol–water partition coefficient (Wildman–Crippen LogP) is 7.55. The van der Waals surface area contributed by atoms with Crippen LogP contribution in [0.3, 0.4) is 0 Å². The minimum atomic E-state index is 0.943. The molecule has 3 heteroatoms. The van der Waals surface area contributed by atoms with Crippen molar-refractivity contribution in [1.29, 1.82) is 0 Å². The molecule has 0 unspecified atom stereocenters. The van der Waals surface area contributed by atoms with Crippen LogP contribution in [0.1, 0.15) is 0 Å². The van der Waals surface area contributed by atoms with Crippen LogP contribution in [-0.4, -0.2) is 14.5 Å². The Morgan fingerprint density at radius 2 is 1.18 bits per heavy atom. The van der Waals surface area contributed by atoms with E-state index in [4.69, 9.17) is 4.98 Å². The number of nitrogens with zero attached hydrogens (tertiary/aromatic N) is 3. The molecule has 0 fully saturated rings. The summed E-state index contributed by atoms with van der Waals surface area (Å²) in [5.74, 6) is 0. The highest BCUT2D eigenvalue weighted by molar-refractivity contribution is 6.09. The fourth-order valence-electron chi connectivity index (χ4n) is 4.90. The van der Waals surface area contributed by atoms with Crippen LogP contribution in [0.2, 0.25) is 0 Å². The third-order valence-corrected chi connectivity index (χ3v) is 6.46. The van der Waals surface area contributed by atoms with Crippen LogP contribution in [0, 0.1) is 0 Å². The maximum Gasteiger partial charge on any atom is 0.0964 e. The monoisotopic (exact) mass is 421 g/mol. The minimum Gasteiger partial charge on any atom is -0.309 e. The van der Waals surface area contributed by atoms with Gasteiger partial charge in [0.25, 0.3) is 0 Å². The van der Waals surface area contributed by atoms with Crippen molar-refractivity contribution in [1.82, 2.24) is 14.5 Å². The normalized spacial score (nSPS) is 11.6. The van der Waals surface area contributed by atoms with E-state index >= 15 is 0 Å². The zero-order valence-electron chi connectivity index (χ0n) is 17.8. The summed E-state index contributed by atoms with van der Waals surface area (Å²) in [6.07, 6.45) is 3.77. The number of benzene rings is 4. The van der Waals surface area contributed by atoms with Gasteiger partial charge < -0.3 is 4.57 Å². The molecule has 3 heterocycles. The van der Waals surface area contributed by atoms with Crippen LogP contribution >= 0.6 is 0 Å². The maximum absolute atomic E-state index is 4.77. The van der Waals surface area contributed by atoms with Gasteiger partial charge in [-0.3, -0.25) is 9.97 Å². The van der Waals surface area contributed by atoms with Crippen LogP contribution in [0.25, 0.3) is 60.4 Å².